The number of carbonyl (C=O) groups excluding carboxylic acids is 2. The molecule has 1 N–H and O–H groups in total. The first-order chi connectivity index (χ1) is 13.5. The summed E-state index contributed by atoms with van der Waals surface area (Å²) < 4.78 is 45.4. The summed E-state index contributed by atoms with van der Waals surface area (Å²) in [4.78, 5) is 27.5. The van der Waals surface area contributed by atoms with Crippen molar-refractivity contribution >= 4 is 11.8 Å². The van der Waals surface area contributed by atoms with E-state index in [1.54, 1.807) is 0 Å². The lowest BCUT2D eigenvalue weighted by Crippen LogP contribution is -2.57. The van der Waals surface area contributed by atoms with Gasteiger partial charge in [0.25, 0.3) is 5.91 Å². The van der Waals surface area contributed by atoms with Crippen molar-refractivity contribution in [2.45, 2.75) is 70.4 Å². The maximum absolute atomic E-state index is 13.4. The predicted molar refractivity (Wildman–Crippen MR) is 101 cm³/mol. The Morgan fingerprint density at radius 1 is 1.24 bits per heavy atom. The van der Waals surface area contributed by atoms with Crippen LogP contribution < -0.4 is 5.32 Å². The van der Waals surface area contributed by atoms with Gasteiger partial charge in [0.05, 0.1) is 12.2 Å². The van der Waals surface area contributed by atoms with Gasteiger partial charge in [-0.25, -0.2) is 0 Å². The van der Waals surface area contributed by atoms with Gasteiger partial charge in [-0.3, -0.25) is 14.5 Å². The number of ether oxygens (including phenoxy) is 1. The average Bonchev–Trinajstić information content (AvgIpc) is 3.02. The van der Waals surface area contributed by atoms with Crippen LogP contribution in [0.4, 0.5) is 13.2 Å². The zero-order valence-corrected chi connectivity index (χ0v) is 16.9. The number of rotatable bonds is 3. The van der Waals surface area contributed by atoms with Crippen LogP contribution in [0.1, 0.15) is 62.4 Å². The Balaban J connectivity index is 1.97. The molecular formula is C21H27F3N2O3. The van der Waals surface area contributed by atoms with E-state index < -0.39 is 29.4 Å². The van der Waals surface area contributed by atoms with E-state index >= 15 is 0 Å². The van der Waals surface area contributed by atoms with Gasteiger partial charge >= 0.3 is 6.18 Å². The van der Waals surface area contributed by atoms with Gasteiger partial charge in [0.1, 0.15) is 11.8 Å². The van der Waals surface area contributed by atoms with Crippen molar-refractivity contribution in [2.75, 3.05) is 6.61 Å². The summed E-state index contributed by atoms with van der Waals surface area (Å²) in [5.74, 6) is -0.485. The highest BCUT2D eigenvalue weighted by molar-refractivity contribution is 5.98. The topological polar surface area (TPSA) is 58.6 Å². The molecule has 29 heavy (non-hydrogen) atoms. The van der Waals surface area contributed by atoms with Gasteiger partial charge in [0, 0.05) is 11.6 Å². The molecule has 1 aromatic carbocycles. The molecule has 1 atom stereocenters. The highest BCUT2D eigenvalue weighted by Crippen LogP contribution is 2.43. The van der Waals surface area contributed by atoms with Crippen LogP contribution >= 0.6 is 0 Å². The highest BCUT2D eigenvalue weighted by atomic mass is 19.4. The highest BCUT2D eigenvalue weighted by Gasteiger charge is 2.53. The smallest absolute Gasteiger partial charge is 0.353 e. The summed E-state index contributed by atoms with van der Waals surface area (Å²) >= 11 is 0. The number of hydrogen-bond acceptors (Lipinski definition) is 3. The Labute approximate surface area is 168 Å². The Hall–Kier alpha value is -2.09. The number of carbonyl (C=O) groups is 2. The maximum atomic E-state index is 13.4. The SMILES string of the molecule is CC1CCC2(CC1)OC[C@@H](C(=O)NC(C)C)N2C(=O)c1cccc(C(F)(F)F)c1. The lowest BCUT2D eigenvalue weighted by atomic mass is 9.83. The van der Waals surface area contributed by atoms with Crippen LogP contribution in [0.2, 0.25) is 0 Å². The number of nitrogens with one attached hydrogen (secondary N) is 1. The lowest BCUT2D eigenvalue weighted by Gasteiger charge is -2.43. The molecule has 8 heteroatoms. The van der Waals surface area contributed by atoms with Crippen LogP contribution in [0, 0.1) is 5.92 Å². The van der Waals surface area contributed by atoms with Crippen LogP contribution in [-0.2, 0) is 15.7 Å². The molecule has 1 aliphatic heterocycles. The van der Waals surface area contributed by atoms with Gasteiger partial charge in [-0.15, -0.1) is 0 Å². The quantitative estimate of drug-likeness (QED) is 0.817. The second-order valence-corrected chi connectivity index (χ2v) is 8.37. The fraction of sp³-hybridized carbons (Fsp3) is 0.619. The Bertz CT molecular complexity index is 771. The molecular weight excluding hydrogens is 385 g/mol. The molecule has 1 spiro atoms. The molecule has 160 valence electrons. The van der Waals surface area contributed by atoms with Crippen molar-refractivity contribution in [1.82, 2.24) is 10.2 Å². The summed E-state index contributed by atoms with van der Waals surface area (Å²) in [6.45, 7) is 5.77. The molecule has 2 amide bonds. The molecule has 1 aromatic rings. The van der Waals surface area contributed by atoms with E-state index in [0.717, 1.165) is 25.0 Å². The maximum Gasteiger partial charge on any atom is 0.416 e. The van der Waals surface area contributed by atoms with Crippen LogP contribution in [0.3, 0.4) is 0 Å². The lowest BCUT2D eigenvalue weighted by molar-refractivity contribution is -0.137. The van der Waals surface area contributed by atoms with E-state index in [-0.39, 0.29) is 24.1 Å². The van der Waals surface area contributed by atoms with E-state index in [1.165, 1.54) is 17.0 Å². The minimum absolute atomic E-state index is 0.0393. The molecule has 1 saturated carbocycles. The first-order valence-corrected chi connectivity index (χ1v) is 9.99. The second kappa shape index (κ2) is 7.97. The van der Waals surface area contributed by atoms with Crippen molar-refractivity contribution in [1.29, 1.82) is 0 Å². The molecule has 0 unspecified atom stereocenters. The number of alkyl halides is 3. The molecule has 0 radical (unpaired) electrons. The van der Waals surface area contributed by atoms with Crippen LogP contribution in [0.15, 0.2) is 24.3 Å². The molecule has 0 bridgehead atoms. The minimum atomic E-state index is -4.55. The molecule has 1 saturated heterocycles. The Kier molecular flexibility index (Phi) is 5.94. The normalized spacial score (nSPS) is 27.5. The Morgan fingerprint density at radius 3 is 2.48 bits per heavy atom. The summed E-state index contributed by atoms with van der Waals surface area (Å²) in [6, 6.07) is 3.34. The average molecular weight is 412 g/mol. The van der Waals surface area contributed by atoms with E-state index in [1.807, 2.05) is 13.8 Å². The van der Waals surface area contributed by atoms with Gasteiger partial charge in [-0.1, -0.05) is 13.0 Å². The summed E-state index contributed by atoms with van der Waals surface area (Å²) in [5, 5.41) is 2.79. The van der Waals surface area contributed by atoms with Crippen LogP contribution in [0.25, 0.3) is 0 Å². The van der Waals surface area contributed by atoms with Crippen molar-refractivity contribution in [3.8, 4) is 0 Å². The van der Waals surface area contributed by atoms with Crippen LogP contribution in [-0.4, -0.2) is 41.1 Å². The number of amides is 2. The van der Waals surface area contributed by atoms with E-state index in [4.69, 9.17) is 4.74 Å². The molecule has 3 rings (SSSR count). The fourth-order valence-corrected chi connectivity index (χ4v) is 4.13. The third-order valence-electron chi connectivity index (χ3n) is 5.71. The first-order valence-electron chi connectivity index (χ1n) is 9.99. The molecule has 2 fully saturated rings. The number of hydrogen-bond donors (Lipinski definition) is 1. The largest absolute Gasteiger partial charge is 0.416 e. The molecule has 1 heterocycles. The van der Waals surface area contributed by atoms with Crippen molar-refractivity contribution in [3.05, 3.63) is 35.4 Å². The minimum Gasteiger partial charge on any atom is -0.353 e. The fourth-order valence-electron chi connectivity index (χ4n) is 4.13. The monoisotopic (exact) mass is 412 g/mol. The number of halogens is 3. The zero-order chi connectivity index (χ0) is 21.4. The van der Waals surface area contributed by atoms with Crippen molar-refractivity contribution in [3.63, 3.8) is 0 Å². The van der Waals surface area contributed by atoms with Crippen molar-refractivity contribution < 1.29 is 27.5 Å². The summed E-state index contributed by atoms with van der Waals surface area (Å²) in [5.41, 5.74) is -1.93. The van der Waals surface area contributed by atoms with E-state index in [2.05, 4.69) is 12.2 Å². The van der Waals surface area contributed by atoms with Gasteiger partial charge in [0.15, 0.2) is 0 Å². The van der Waals surface area contributed by atoms with Crippen molar-refractivity contribution in [2.24, 2.45) is 5.92 Å². The van der Waals surface area contributed by atoms with E-state index in [0.29, 0.717) is 18.8 Å². The van der Waals surface area contributed by atoms with Gasteiger partial charge in [0.2, 0.25) is 5.91 Å². The first kappa shape index (κ1) is 21.6. The van der Waals surface area contributed by atoms with Gasteiger partial charge in [-0.05, 0) is 63.6 Å². The molecule has 5 nitrogen and oxygen atoms in total. The molecule has 2 aliphatic rings. The predicted octanol–water partition coefficient (Wildman–Crippen LogP) is 3.98. The number of nitrogens with zero attached hydrogens (tertiary/aromatic N) is 1. The third-order valence-corrected chi connectivity index (χ3v) is 5.71. The summed E-state index contributed by atoms with van der Waals surface area (Å²) in [7, 11) is 0. The number of benzene rings is 1. The molecule has 0 aromatic heterocycles. The van der Waals surface area contributed by atoms with Gasteiger partial charge in [-0.2, -0.15) is 13.2 Å². The summed E-state index contributed by atoms with van der Waals surface area (Å²) in [6.07, 6.45) is -1.78. The molecule has 1 aliphatic carbocycles. The zero-order valence-electron chi connectivity index (χ0n) is 16.9. The second-order valence-electron chi connectivity index (χ2n) is 8.37. The Morgan fingerprint density at radius 2 is 1.90 bits per heavy atom. The van der Waals surface area contributed by atoms with E-state index in [9.17, 15) is 22.8 Å². The van der Waals surface area contributed by atoms with Crippen LogP contribution in [0.5, 0.6) is 0 Å². The standard InChI is InChI=1S/C21H27F3N2O3/c1-13(2)25-18(27)17-12-29-20(9-7-14(3)8-10-20)26(17)19(28)15-5-4-6-16(11-15)21(22,23)24/h4-6,11,13-14,17H,7-10,12H2,1-3H3,(H,25,27)/t14?,17-,20?/m0/s1. The third kappa shape index (κ3) is 4.42. The van der Waals surface area contributed by atoms with Gasteiger partial charge < -0.3 is 10.1 Å².